The standard InChI is InChI=1S/C12H16ClNO/c1-8-2-3-10(6-11(8)13)12(15,7-14)9-4-5-9/h2-3,6,9,15H,4-5,7,14H2,1H3. The van der Waals surface area contributed by atoms with E-state index in [1.807, 2.05) is 25.1 Å². The van der Waals surface area contributed by atoms with Crippen LogP contribution in [0.25, 0.3) is 0 Å². The number of hydrogen-bond acceptors (Lipinski definition) is 2. The van der Waals surface area contributed by atoms with E-state index in [-0.39, 0.29) is 6.54 Å². The van der Waals surface area contributed by atoms with Crippen LogP contribution in [0.3, 0.4) is 0 Å². The van der Waals surface area contributed by atoms with Gasteiger partial charge in [0.2, 0.25) is 0 Å². The molecule has 3 N–H and O–H groups in total. The third-order valence-electron chi connectivity index (χ3n) is 3.24. The molecular formula is C12H16ClNO. The van der Waals surface area contributed by atoms with E-state index >= 15 is 0 Å². The fourth-order valence-electron chi connectivity index (χ4n) is 1.94. The average Bonchev–Trinajstić information content (AvgIpc) is 3.04. The lowest BCUT2D eigenvalue weighted by Gasteiger charge is -2.27. The van der Waals surface area contributed by atoms with Crippen molar-refractivity contribution in [2.24, 2.45) is 11.7 Å². The highest BCUT2D eigenvalue weighted by atomic mass is 35.5. The second-order valence-electron chi connectivity index (χ2n) is 4.37. The number of aliphatic hydroxyl groups is 1. The number of hydrogen-bond donors (Lipinski definition) is 2. The maximum atomic E-state index is 10.5. The Morgan fingerprint density at radius 1 is 1.53 bits per heavy atom. The Morgan fingerprint density at radius 2 is 2.20 bits per heavy atom. The minimum absolute atomic E-state index is 0.261. The van der Waals surface area contributed by atoms with Crippen LogP contribution in [0, 0.1) is 12.8 Å². The summed E-state index contributed by atoms with van der Waals surface area (Å²) >= 11 is 6.05. The number of halogens is 1. The molecule has 2 nitrogen and oxygen atoms in total. The van der Waals surface area contributed by atoms with Crippen molar-refractivity contribution in [1.82, 2.24) is 0 Å². The van der Waals surface area contributed by atoms with Gasteiger partial charge in [-0.25, -0.2) is 0 Å². The van der Waals surface area contributed by atoms with E-state index in [0.29, 0.717) is 10.9 Å². The van der Waals surface area contributed by atoms with Gasteiger partial charge in [0.1, 0.15) is 5.60 Å². The first-order valence-corrected chi connectivity index (χ1v) is 5.65. The lowest BCUT2D eigenvalue weighted by atomic mass is 9.88. The van der Waals surface area contributed by atoms with Gasteiger partial charge in [-0.2, -0.15) is 0 Å². The molecule has 1 fully saturated rings. The number of aryl methyl sites for hydroxylation is 1. The monoisotopic (exact) mass is 225 g/mol. The van der Waals surface area contributed by atoms with Crippen molar-refractivity contribution in [3.63, 3.8) is 0 Å². The largest absolute Gasteiger partial charge is 0.384 e. The highest BCUT2D eigenvalue weighted by Crippen LogP contribution is 2.45. The van der Waals surface area contributed by atoms with Gasteiger partial charge in [-0.05, 0) is 42.9 Å². The Hall–Kier alpha value is -0.570. The van der Waals surface area contributed by atoms with Crippen molar-refractivity contribution < 1.29 is 5.11 Å². The van der Waals surface area contributed by atoms with Gasteiger partial charge in [-0.3, -0.25) is 0 Å². The summed E-state index contributed by atoms with van der Waals surface area (Å²) in [7, 11) is 0. The molecule has 3 heteroatoms. The number of rotatable bonds is 3. The summed E-state index contributed by atoms with van der Waals surface area (Å²) in [6.45, 7) is 2.21. The van der Waals surface area contributed by atoms with Crippen molar-refractivity contribution in [2.45, 2.75) is 25.4 Å². The van der Waals surface area contributed by atoms with Crippen LogP contribution in [-0.2, 0) is 5.60 Å². The highest BCUT2D eigenvalue weighted by molar-refractivity contribution is 6.31. The SMILES string of the molecule is Cc1ccc(C(O)(CN)C2CC2)cc1Cl. The van der Waals surface area contributed by atoms with Gasteiger partial charge in [-0.15, -0.1) is 0 Å². The fourth-order valence-corrected chi connectivity index (χ4v) is 2.12. The minimum atomic E-state index is -0.878. The first kappa shape index (κ1) is 10.9. The molecule has 1 aromatic rings. The maximum Gasteiger partial charge on any atom is 0.105 e. The Morgan fingerprint density at radius 3 is 2.67 bits per heavy atom. The molecule has 1 aliphatic carbocycles. The second kappa shape index (κ2) is 3.78. The zero-order valence-corrected chi connectivity index (χ0v) is 9.59. The minimum Gasteiger partial charge on any atom is -0.384 e. The van der Waals surface area contributed by atoms with Gasteiger partial charge in [-0.1, -0.05) is 23.7 Å². The Bertz CT molecular complexity index is 376. The van der Waals surface area contributed by atoms with Crippen LogP contribution in [0.5, 0.6) is 0 Å². The summed E-state index contributed by atoms with van der Waals surface area (Å²) in [5.74, 6) is 0.307. The molecule has 1 saturated carbocycles. The van der Waals surface area contributed by atoms with Crippen molar-refractivity contribution >= 4 is 11.6 Å². The molecule has 0 radical (unpaired) electrons. The molecule has 1 aliphatic rings. The molecule has 0 spiro atoms. The van der Waals surface area contributed by atoms with Crippen LogP contribution < -0.4 is 5.73 Å². The zero-order chi connectivity index (χ0) is 11.1. The molecule has 1 atom stereocenters. The van der Waals surface area contributed by atoms with Crippen LogP contribution in [0.1, 0.15) is 24.0 Å². The first-order valence-electron chi connectivity index (χ1n) is 5.27. The Labute approximate surface area is 95.1 Å². The zero-order valence-electron chi connectivity index (χ0n) is 8.83. The molecule has 0 aliphatic heterocycles. The smallest absolute Gasteiger partial charge is 0.105 e. The van der Waals surface area contributed by atoms with E-state index in [1.54, 1.807) is 0 Å². The molecule has 0 aromatic heterocycles. The van der Waals surface area contributed by atoms with Gasteiger partial charge in [0, 0.05) is 11.6 Å². The summed E-state index contributed by atoms with van der Waals surface area (Å²) in [5, 5.41) is 11.2. The summed E-state index contributed by atoms with van der Waals surface area (Å²) in [6.07, 6.45) is 2.11. The molecule has 2 rings (SSSR count). The lowest BCUT2D eigenvalue weighted by molar-refractivity contribution is 0.0222. The third-order valence-corrected chi connectivity index (χ3v) is 3.64. The van der Waals surface area contributed by atoms with E-state index in [4.69, 9.17) is 17.3 Å². The van der Waals surface area contributed by atoms with Gasteiger partial charge in [0.15, 0.2) is 0 Å². The Kier molecular flexibility index (Phi) is 2.75. The van der Waals surface area contributed by atoms with Gasteiger partial charge >= 0.3 is 0 Å². The third kappa shape index (κ3) is 1.89. The molecule has 1 unspecified atom stereocenters. The van der Waals surface area contributed by atoms with Gasteiger partial charge in [0.25, 0.3) is 0 Å². The molecule has 0 amide bonds. The van der Waals surface area contributed by atoms with E-state index in [0.717, 1.165) is 24.0 Å². The average molecular weight is 226 g/mol. The molecule has 15 heavy (non-hydrogen) atoms. The number of nitrogens with two attached hydrogens (primary N) is 1. The molecule has 0 saturated heterocycles. The van der Waals surface area contributed by atoms with Crippen molar-refractivity contribution in [1.29, 1.82) is 0 Å². The highest BCUT2D eigenvalue weighted by Gasteiger charge is 2.44. The van der Waals surface area contributed by atoms with Crippen LogP contribution in [0.2, 0.25) is 5.02 Å². The quantitative estimate of drug-likeness (QED) is 0.829. The van der Waals surface area contributed by atoms with Crippen molar-refractivity contribution in [2.75, 3.05) is 6.54 Å². The van der Waals surface area contributed by atoms with Crippen LogP contribution in [0.15, 0.2) is 18.2 Å². The van der Waals surface area contributed by atoms with E-state index in [2.05, 4.69) is 0 Å². The first-order chi connectivity index (χ1) is 7.08. The molecule has 1 aromatic carbocycles. The molecule has 0 bridgehead atoms. The van der Waals surface area contributed by atoms with E-state index < -0.39 is 5.60 Å². The maximum absolute atomic E-state index is 10.5. The fraction of sp³-hybridized carbons (Fsp3) is 0.500. The van der Waals surface area contributed by atoms with Crippen LogP contribution in [-0.4, -0.2) is 11.7 Å². The van der Waals surface area contributed by atoms with Crippen molar-refractivity contribution in [3.05, 3.63) is 34.3 Å². The normalized spacial score (nSPS) is 20.0. The molecule has 0 heterocycles. The van der Waals surface area contributed by atoms with Gasteiger partial charge < -0.3 is 10.8 Å². The van der Waals surface area contributed by atoms with Crippen LogP contribution in [0.4, 0.5) is 0 Å². The van der Waals surface area contributed by atoms with Crippen molar-refractivity contribution in [3.8, 4) is 0 Å². The van der Waals surface area contributed by atoms with E-state index in [1.165, 1.54) is 0 Å². The predicted octanol–water partition coefficient (Wildman–Crippen LogP) is 2.20. The summed E-state index contributed by atoms with van der Waals surface area (Å²) < 4.78 is 0. The predicted molar refractivity (Wildman–Crippen MR) is 61.9 cm³/mol. The summed E-state index contributed by atoms with van der Waals surface area (Å²) in [5.41, 5.74) is 6.67. The van der Waals surface area contributed by atoms with Crippen LogP contribution >= 0.6 is 11.6 Å². The van der Waals surface area contributed by atoms with Gasteiger partial charge in [0.05, 0.1) is 0 Å². The topological polar surface area (TPSA) is 46.2 Å². The van der Waals surface area contributed by atoms with E-state index in [9.17, 15) is 5.11 Å². The molecular weight excluding hydrogens is 210 g/mol. The number of benzene rings is 1. The lowest BCUT2D eigenvalue weighted by Crippen LogP contribution is -2.37. The Balaban J connectivity index is 2.38. The second-order valence-corrected chi connectivity index (χ2v) is 4.77. The molecule has 82 valence electrons. The summed E-state index contributed by atoms with van der Waals surface area (Å²) in [4.78, 5) is 0. The summed E-state index contributed by atoms with van der Waals surface area (Å²) in [6, 6.07) is 5.69.